The minimum Gasteiger partial charge on any atom is -0.546 e. The highest BCUT2D eigenvalue weighted by molar-refractivity contribution is 6.73. The molecular weight excluding hydrogens is 408 g/mol. The van der Waals surface area contributed by atoms with Gasteiger partial charge in [0.1, 0.15) is 0 Å². The molecule has 0 radical (unpaired) electrons. The van der Waals surface area contributed by atoms with E-state index in [4.69, 9.17) is 13.9 Å². The number of rotatable bonds is 10. The van der Waals surface area contributed by atoms with Crippen molar-refractivity contribution in [1.29, 1.82) is 0 Å². The van der Waals surface area contributed by atoms with Gasteiger partial charge in [0.05, 0.1) is 36.7 Å². The van der Waals surface area contributed by atoms with Crippen LogP contribution in [0.2, 0.25) is 18.1 Å². The van der Waals surface area contributed by atoms with Gasteiger partial charge in [0.15, 0.2) is 0 Å². The van der Waals surface area contributed by atoms with Crippen molar-refractivity contribution in [3.8, 4) is 0 Å². The van der Waals surface area contributed by atoms with Crippen molar-refractivity contribution >= 4 is 20.3 Å². The molecule has 1 aromatic carbocycles. The highest BCUT2D eigenvalue weighted by atomic mass is 28.4. The van der Waals surface area contributed by atoms with E-state index < -0.39 is 20.2 Å². The Morgan fingerprint density at radius 3 is 2.06 bits per heavy atom. The Morgan fingerprint density at radius 1 is 0.935 bits per heavy atom. The highest BCUT2D eigenvalue weighted by Gasteiger charge is 2.48. The van der Waals surface area contributed by atoms with E-state index in [0.717, 1.165) is 35.0 Å². The molecule has 5 nitrogen and oxygen atoms in total. The van der Waals surface area contributed by atoms with Gasteiger partial charge in [-0.2, -0.15) is 0 Å². The van der Waals surface area contributed by atoms with Crippen LogP contribution in [-0.2, 0) is 23.5 Å². The molecule has 0 aliphatic heterocycles. The first kappa shape index (κ1) is 25.2. The normalized spacial score (nSPS) is 21.2. The maximum absolute atomic E-state index is 13.2. The number of esters is 2. The van der Waals surface area contributed by atoms with E-state index in [1.54, 1.807) is 13.8 Å². The van der Waals surface area contributed by atoms with E-state index in [1.165, 1.54) is 0 Å². The summed E-state index contributed by atoms with van der Waals surface area (Å²) in [7, 11) is -1.98. The molecule has 0 fully saturated rings. The lowest BCUT2D eigenvalue weighted by molar-refractivity contribution is -0.161. The number of allylic oxidation sites excluding steroid dienone is 2. The van der Waals surface area contributed by atoms with Crippen LogP contribution in [0.25, 0.3) is 0 Å². The molecule has 0 N–H and O–H groups in total. The van der Waals surface area contributed by atoms with Crippen LogP contribution in [0.3, 0.4) is 0 Å². The maximum Gasteiger partial charge on any atom is 0.310 e. The van der Waals surface area contributed by atoms with Crippen LogP contribution < -0.4 is 0 Å². The average Bonchev–Trinajstić information content (AvgIpc) is 2.78. The molecule has 1 unspecified atom stereocenters. The van der Waals surface area contributed by atoms with Crippen LogP contribution in [0.15, 0.2) is 36.1 Å². The molecule has 31 heavy (non-hydrogen) atoms. The summed E-state index contributed by atoms with van der Waals surface area (Å²) in [6.45, 7) is 12.7. The lowest BCUT2D eigenvalue weighted by Crippen LogP contribution is -2.43. The molecule has 0 bridgehead atoms. The van der Waals surface area contributed by atoms with Gasteiger partial charge in [-0.25, -0.2) is 0 Å². The van der Waals surface area contributed by atoms with Crippen LogP contribution in [0.4, 0.5) is 0 Å². The van der Waals surface area contributed by atoms with Gasteiger partial charge in [-0.3, -0.25) is 9.59 Å². The molecule has 0 amide bonds. The molecule has 0 saturated heterocycles. The molecule has 2 rings (SSSR count). The summed E-state index contributed by atoms with van der Waals surface area (Å²) in [5.41, 5.74) is 2.07. The predicted octanol–water partition coefficient (Wildman–Crippen LogP) is 5.75. The quantitative estimate of drug-likeness (QED) is 0.338. The third kappa shape index (κ3) is 5.59. The third-order valence-electron chi connectivity index (χ3n) is 6.61. The summed E-state index contributed by atoms with van der Waals surface area (Å²) in [5, 5.41) is 0. The number of hydrogen-bond donors (Lipinski definition) is 0. The average molecular weight is 447 g/mol. The van der Waals surface area contributed by atoms with E-state index >= 15 is 0 Å². The Kier molecular flexibility index (Phi) is 9.35. The molecular formula is C25H38O5Si. The lowest BCUT2D eigenvalue weighted by atomic mass is 9.71. The second-order valence-electron chi connectivity index (χ2n) is 8.16. The van der Waals surface area contributed by atoms with E-state index in [1.807, 2.05) is 37.3 Å². The molecule has 1 aromatic rings. The molecule has 0 spiro atoms. The summed E-state index contributed by atoms with van der Waals surface area (Å²) < 4.78 is 17.7. The van der Waals surface area contributed by atoms with Crippen molar-refractivity contribution < 1.29 is 23.5 Å². The predicted molar refractivity (Wildman–Crippen MR) is 125 cm³/mol. The van der Waals surface area contributed by atoms with E-state index in [2.05, 4.69) is 20.8 Å². The van der Waals surface area contributed by atoms with Gasteiger partial charge in [-0.1, -0.05) is 45.0 Å². The summed E-state index contributed by atoms with van der Waals surface area (Å²) >= 11 is 0. The molecule has 1 aliphatic rings. The number of benzene rings is 1. The molecule has 0 saturated carbocycles. The first-order chi connectivity index (χ1) is 14.9. The SMILES string of the molecule is CCOC(=O)[C@H]1CC=C(O[Si](CC)(CC)CC)C(c2ccccc2C)[C@@H]1C(=O)OCC. The van der Waals surface area contributed by atoms with E-state index in [0.29, 0.717) is 6.42 Å². The molecule has 0 heterocycles. The zero-order valence-corrected chi connectivity index (χ0v) is 20.9. The fourth-order valence-electron chi connectivity index (χ4n) is 4.56. The molecule has 0 aromatic heterocycles. The summed E-state index contributed by atoms with van der Waals surface area (Å²) in [6, 6.07) is 11.0. The van der Waals surface area contributed by atoms with Crippen molar-refractivity contribution in [3.05, 3.63) is 47.2 Å². The number of carbonyl (C=O) groups excluding carboxylic acids is 2. The zero-order chi connectivity index (χ0) is 23.0. The standard InChI is InChI=1S/C25H38O5Si/c1-7-28-24(26)20-16-17-21(30-31(9-3,10-4)11-5)22(23(20)25(27)29-8-2)19-15-13-12-14-18(19)6/h12-15,17,20,22-23H,7-11,16H2,1-6H3/t20-,22?,23+/m0/s1. The maximum atomic E-state index is 13.2. The summed E-state index contributed by atoms with van der Waals surface area (Å²) in [6.07, 6.45) is 2.44. The fraction of sp³-hybridized carbons (Fsp3) is 0.600. The molecule has 1 aliphatic carbocycles. The topological polar surface area (TPSA) is 61.8 Å². The van der Waals surface area contributed by atoms with Gasteiger partial charge in [0.25, 0.3) is 0 Å². The largest absolute Gasteiger partial charge is 0.546 e. The van der Waals surface area contributed by atoms with Gasteiger partial charge < -0.3 is 13.9 Å². The van der Waals surface area contributed by atoms with Gasteiger partial charge in [0.2, 0.25) is 8.32 Å². The Morgan fingerprint density at radius 2 is 1.52 bits per heavy atom. The number of aryl methyl sites for hydroxylation is 1. The number of carbonyl (C=O) groups is 2. The summed E-state index contributed by atoms with van der Waals surface area (Å²) in [4.78, 5) is 26.1. The van der Waals surface area contributed by atoms with Crippen molar-refractivity contribution in [3.63, 3.8) is 0 Å². The molecule has 3 atom stereocenters. The monoisotopic (exact) mass is 446 g/mol. The first-order valence-corrected chi connectivity index (χ1v) is 14.2. The van der Waals surface area contributed by atoms with Crippen LogP contribution >= 0.6 is 0 Å². The van der Waals surface area contributed by atoms with Gasteiger partial charge in [-0.15, -0.1) is 0 Å². The second-order valence-corrected chi connectivity index (χ2v) is 12.9. The summed E-state index contributed by atoms with van der Waals surface area (Å²) in [5.74, 6) is -1.50. The highest BCUT2D eigenvalue weighted by Crippen LogP contribution is 2.46. The minimum atomic E-state index is -1.98. The van der Waals surface area contributed by atoms with Crippen molar-refractivity contribution in [2.45, 2.75) is 72.0 Å². The van der Waals surface area contributed by atoms with Crippen molar-refractivity contribution in [2.75, 3.05) is 13.2 Å². The van der Waals surface area contributed by atoms with Crippen molar-refractivity contribution in [2.24, 2.45) is 11.8 Å². The Balaban J connectivity index is 2.64. The van der Waals surface area contributed by atoms with E-state index in [9.17, 15) is 9.59 Å². The van der Waals surface area contributed by atoms with Crippen LogP contribution in [-0.4, -0.2) is 33.5 Å². The number of ether oxygens (including phenoxy) is 2. The van der Waals surface area contributed by atoms with Crippen LogP contribution in [0, 0.1) is 18.8 Å². The Labute approximate surface area is 188 Å². The lowest BCUT2D eigenvalue weighted by Gasteiger charge is -2.40. The van der Waals surface area contributed by atoms with Gasteiger partial charge >= 0.3 is 11.9 Å². The van der Waals surface area contributed by atoms with Crippen LogP contribution in [0.5, 0.6) is 0 Å². The smallest absolute Gasteiger partial charge is 0.310 e. The first-order valence-electron chi connectivity index (χ1n) is 11.7. The molecule has 172 valence electrons. The minimum absolute atomic E-state index is 0.267. The van der Waals surface area contributed by atoms with E-state index in [-0.39, 0.29) is 31.1 Å². The fourth-order valence-corrected chi connectivity index (χ4v) is 7.20. The Hall–Kier alpha value is -2.08. The Bertz CT molecular complexity index is 776. The van der Waals surface area contributed by atoms with Gasteiger partial charge in [0, 0.05) is 0 Å². The zero-order valence-electron chi connectivity index (χ0n) is 19.9. The van der Waals surface area contributed by atoms with Crippen molar-refractivity contribution in [1.82, 2.24) is 0 Å². The molecule has 6 heteroatoms. The number of hydrogen-bond acceptors (Lipinski definition) is 5. The van der Waals surface area contributed by atoms with Gasteiger partial charge in [-0.05, 0) is 62.5 Å². The second kappa shape index (κ2) is 11.5. The van der Waals surface area contributed by atoms with Crippen LogP contribution in [0.1, 0.15) is 58.1 Å². The third-order valence-corrected chi connectivity index (χ3v) is 11.1.